The lowest BCUT2D eigenvalue weighted by atomic mass is 9.96. The maximum absolute atomic E-state index is 11.5. The van der Waals surface area contributed by atoms with Gasteiger partial charge in [-0.3, -0.25) is 20.2 Å². The van der Waals surface area contributed by atoms with Gasteiger partial charge in [-0.05, 0) is 24.1 Å². The molecule has 0 saturated carbocycles. The van der Waals surface area contributed by atoms with Crippen LogP contribution in [0, 0.1) is 17.2 Å². The van der Waals surface area contributed by atoms with Crippen molar-refractivity contribution in [2.24, 2.45) is 5.92 Å². The first-order valence-corrected chi connectivity index (χ1v) is 5.25. The topological polar surface area (TPSA) is 99.1 Å². The Morgan fingerprint density at radius 2 is 1.61 bits per heavy atom. The van der Waals surface area contributed by atoms with Gasteiger partial charge in [0.2, 0.25) is 11.8 Å². The molecule has 0 aliphatic carbocycles. The fourth-order valence-electron chi connectivity index (χ4n) is 1.68. The van der Waals surface area contributed by atoms with Crippen molar-refractivity contribution >= 4 is 17.8 Å². The van der Waals surface area contributed by atoms with Crippen LogP contribution in [0.1, 0.15) is 11.1 Å². The first-order chi connectivity index (χ1) is 8.60. The molecular weight excluding hydrogens is 234 g/mol. The molecule has 0 aromatic heterocycles. The highest BCUT2D eigenvalue weighted by molar-refractivity contribution is 6.16. The van der Waals surface area contributed by atoms with Gasteiger partial charge in [-0.2, -0.15) is 5.26 Å². The van der Waals surface area contributed by atoms with Crippen LogP contribution in [0.2, 0.25) is 0 Å². The molecule has 1 aliphatic heterocycles. The summed E-state index contributed by atoms with van der Waals surface area (Å²) in [5, 5.41) is 12.7. The molecule has 0 radical (unpaired) electrons. The fraction of sp³-hybridized carbons (Fsp3) is 0.167. The maximum atomic E-state index is 11.5. The van der Waals surface area contributed by atoms with Gasteiger partial charge in [0.15, 0.2) is 0 Å². The van der Waals surface area contributed by atoms with Crippen LogP contribution in [-0.4, -0.2) is 17.8 Å². The minimum absolute atomic E-state index is 0.191. The van der Waals surface area contributed by atoms with Crippen LogP contribution in [0.3, 0.4) is 0 Å². The molecule has 1 fully saturated rings. The van der Waals surface area contributed by atoms with Crippen molar-refractivity contribution in [1.29, 1.82) is 5.26 Å². The summed E-state index contributed by atoms with van der Waals surface area (Å²) in [6.45, 7) is 0. The number of imide groups is 2. The Labute approximate surface area is 103 Å². The second-order valence-corrected chi connectivity index (χ2v) is 3.87. The molecule has 0 unspecified atom stereocenters. The summed E-state index contributed by atoms with van der Waals surface area (Å²) in [6, 6.07) is 7.76. The van der Waals surface area contributed by atoms with E-state index in [1.54, 1.807) is 24.3 Å². The highest BCUT2D eigenvalue weighted by atomic mass is 16.2. The molecule has 0 spiro atoms. The van der Waals surface area contributed by atoms with Crippen molar-refractivity contribution in [3.05, 3.63) is 35.4 Å². The molecule has 1 saturated heterocycles. The predicted octanol–water partition coefficient (Wildman–Crippen LogP) is 0.0830. The number of benzene rings is 1. The Morgan fingerprint density at radius 3 is 2.11 bits per heavy atom. The summed E-state index contributed by atoms with van der Waals surface area (Å²) < 4.78 is 0. The van der Waals surface area contributed by atoms with Gasteiger partial charge in [0.05, 0.1) is 11.6 Å². The van der Waals surface area contributed by atoms with E-state index >= 15 is 0 Å². The molecule has 2 rings (SSSR count). The van der Waals surface area contributed by atoms with Gasteiger partial charge >= 0.3 is 6.03 Å². The van der Waals surface area contributed by atoms with Crippen molar-refractivity contribution in [2.45, 2.75) is 6.42 Å². The van der Waals surface area contributed by atoms with E-state index in [1.807, 2.05) is 16.7 Å². The summed E-state index contributed by atoms with van der Waals surface area (Å²) in [5.74, 6) is -2.13. The molecule has 0 bridgehead atoms. The SMILES string of the molecule is N#Cc1ccc(CC2C(=O)NC(=O)NC2=O)cc1. The zero-order valence-corrected chi connectivity index (χ0v) is 9.27. The van der Waals surface area contributed by atoms with Gasteiger partial charge in [-0.25, -0.2) is 4.79 Å². The Hall–Kier alpha value is -2.68. The molecular formula is C12H9N3O3. The van der Waals surface area contributed by atoms with Gasteiger partial charge in [0.1, 0.15) is 5.92 Å². The molecule has 4 amide bonds. The first-order valence-electron chi connectivity index (χ1n) is 5.25. The van der Waals surface area contributed by atoms with Crippen LogP contribution in [0.15, 0.2) is 24.3 Å². The molecule has 18 heavy (non-hydrogen) atoms. The minimum atomic E-state index is -0.921. The average molecular weight is 243 g/mol. The number of barbiturate groups is 1. The van der Waals surface area contributed by atoms with E-state index in [2.05, 4.69) is 0 Å². The Bertz CT molecular complexity index is 537. The van der Waals surface area contributed by atoms with Gasteiger partial charge in [-0.1, -0.05) is 12.1 Å². The van der Waals surface area contributed by atoms with Crippen LogP contribution in [-0.2, 0) is 16.0 Å². The number of nitriles is 1. The monoisotopic (exact) mass is 243 g/mol. The van der Waals surface area contributed by atoms with Crippen LogP contribution in [0.5, 0.6) is 0 Å². The van der Waals surface area contributed by atoms with Crippen LogP contribution in [0.25, 0.3) is 0 Å². The summed E-state index contributed by atoms with van der Waals surface area (Å²) in [5.41, 5.74) is 1.25. The number of nitrogens with zero attached hydrogens (tertiary/aromatic N) is 1. The maximum Gasteiger partial charge on any atom is 0.328 e. The third-order valence-corrected chi connectivity index (χ3v) is 2.63. The molecule has 1 aliphatic rings. The van der Waals surface area contributed by atoms with E-state index in [4.69, 9.17) is 5.26 Å². The second kappa shape index (κ2) is 4.67. The highest BCUT2D eigenvalue weighted by Gasteiger charge is 2.33. The quantitative estimate of drug-likeness (QED) is 0.718. The molecule has 1 heterocycles. The first kappa shape index (κ1) is 11.8. The van der Waals surface area contributed by atoms with E-state index in [0.717, 1.165) is 5.56 Å². The molecule has 90 valence electrons. The van der Waals surface area contributed by atoms with Gasteiger partial charge in [0, 0.05) is 0 Å². The summed E-state index contributed by atoms with van der Waals surface area (Å²) in [7, 11) is 0. The molecule has 6 heteroatoms. The number of carbonyl (C=O) groups is 3. The van der Waals surface area contributed by atoms with Crippen molar-refractivity contribution in [2.75, 3.05) is 0 Å². The van der Waals surface area contributed by atoms with E-state index in [-0.39, 0.29) is 6.42 Å². The molecule has 2 N–H and O–H groups in total. The largest absolute Gasteiger partial charge is 0.328 e. The van der Waals surface area contributed by atoms with Crippen molar-refractivity contribution in [3.63, 3.8) is 0 Å². The fourth-order valence-corrected chi connectivity index (χ4v) is 1.68. The lowest BCUT2D eigenvalue weighted by Crippen LogP contribution is -2.56. The normalized spacial score (nSPS) is 15.8. The molecule has 1 aromatic rings. The lowest BCUT2D eigenvalue weighted by molar-refractivity contribution is -0.135. The smallest absolute Gasteiger partial charge is 0.277 e. The van der Waals surface area contributed by atoms with Crippen LogP contribution < -0.4 is 10.6 Å². The third-order valence-electron chi connectivity index (χ3n) is 2.63. The van der Waals surface area contributed by atoms with Crippen molar-refractivity contribution in [1.82, 2.24) is 10.6 Å². The summed E-state index contributed by atoms with van der Waals surface area (Å²) >= 11 is 0. The van der Waals surface area contributed by atoms with Crippen LogP contribution >= 0.6 is 0 Å². The van der Waals surface area contributed by atoms with Gasteiger partial charge < -0.3 is 0 Å². The number of amides is 4. The van der Waals surface area contributed by atoms with Gasteiger partial charge in [0.25, 0.3) is 0 Å². The van der Waals surface area contributed by atoms with E-state index in [9.17, 15) is 14.4 Å². The van der Waals surface area contributed by atoms with Gasteiger partial charge in [-0.15, -0.1) is 0 Å². The molecule has 1 aromatic carbocycles. The lowest BCUT2D eigenvalue weighted by Gasteiger charge is -2.20. The van der Waals surface area contributed by atoms with Crippen LogP contribution in [0.4, 0.5) is 4.79 Å². The summed E-state index contributed by atoms with van der Waals surface area (Å²) in [6.07, 6.45) is 0.191. The van der Waals surface area contributed by atoms with E-state index in [0.29, 0.717) is 5.56 Å². The van der Waals surface area contributed by atoms with Crippen molar-refractivity contribution < 1.29 is 14.4 Å². The van der Waals surface area contributed by atoms with E-state index < -0.39 is 23.8 Å². The number of hydrogen-bond donors (Lipinski definition) is 2. The highest BCUT2D eigenvalue weighted by Crippen LogP contribution is 2.12. The average Bonchev–Trinajstić information content (AvgIpc) is 2.34. The second-order valence-electron chi connectivity index (χ2n) is 3.87. The Balaban J connectivity index is 2.13. The number of hydrogen-bond acceptors (Lipinski definition) is 4. The molecule has 6 nitrogen and oxygen atoms in total. The zero-order valence-electron chi connectivity index (χ0n) is 9.27. The minimum Gasteiger partial charge on any atom is -0.277 e. The third kappa shape index (κ3) is 2.35. The number of carbonyl (C=O) groups excluding carboxylic acids is 3. The van der Waals surface area contributed by atoms with E-state index in [1.165, 1.54) is 0 Å². The Morgan fingerprint density at radius 1 is 1.06 bits per heavy atom. The van der Waals surface area contributed by atoms with Crippen molar-refractivity contribution in [3.8, 4) is 6.07 Å². The Kier molecular flexibility index (Phi) is 3.06. The standard InChI is InChI=1S/C12H9N3O3/c13-6-8-3-1-7(2-4-8)5-9-10(16)14-12(18)15-11(9)17/h1-4,9H,5H2,(H2,14,15,16,17,18). The zero-order chi connectivity index (χ0) is 13.1. The predicted molar refractivity (Wildman–Crippen MR) is 60.0 cm³/mol. The summed E-state index contributed by atoms with van der Waals surface area (Å²) in [4.78, 5) is 33.9. The number of urea groups is 1. The number of nitrogens with one attached hydrogen (secondary N) is 2. The number of rotatable bonds is 2. The molecule has 0 atom stereocenters.